The summed E-state index contributed by atoms with van der Waals surface area (Å²) in [6, 6.07) is 7.27. The van der Waals surface area contributed by atoms with E-state index in [4.69, 9.17) is 11.6 Å². The third-order valence-electron chi connectivity index (χ3n) is 4.37. The molecule has 0 saturated heterocycles. The third kappa shape index (κ3) is 3.25. The second kappa shape index (κ2) is 7.29. The minimum absolute atomic E-state index is 0.198. The Morgan fingerprint density at radius 3 is 2.86 bits per heavy atom. The van der Waals surface area contributed by atoms with Gasteiger partial charge in [-0.3, -0.25) is 4.79 Å². The van der Waals surface area contributed by atoms with Crippen LogP contribution in [0.4, 0.5) is 5.82 Å². The molecule has 142 valence electrons. The molecule has 0 bridgehead atoms. The van der Waals surface area contributed by atoms with E-state index in [1.54, 1.807) is 25.7 Å². The molecule has 4 aromatic rings. The Morgan fingerprint density at radius 2 is 2.07 bits per heavy atom. The lowest BCUT2D eigenvalue weighted by Crippen LogP contribution is -2.24. The molecular formula is C19H17ClN6OS. The quantitative estimate of drug-likeness (QED) is 0.541. The average Bonchev–Trinajstić information content (AvgIpc) is 3.16. The van der Waals surface area contributed by atoms with Gasteiger partial charge >= 0.3 is 0 Å². The summed E-state index contributed by atoms with van der Waals surface area (Å²) in [6.07, 6.45) is 1.50. The van der Waals surface area contributed by atoms with E-state index < -0.39 is 0 Å². The Morgan fingerprint density at radius 1 is 1.25 bits per heavy atom. The van der Waals surface area contributed by atoms with E-state index in [0.29, 0.717) is 33.1 Å². The summed E-state index contributed by atoms with van der Waals surface area (Å²) in [5.74, 6) is 0.434. The minimum Gasteiger partial charge on any atom is -0.360 e. The number of rotatable bonds is 4. The molecular weight excluding hydrogens is 396 g/mol. The maximum atomic E-state index is 12.7. The molecule has 1 amide bonds. The van der Waals surface area contributed by atoms with Gasteiger partial charge in [0, 0.05) is 19.5 Å². The van der Waals surface area contributed by atoms with Crippen LogP contribution in [0.2, 0.25) is 5.02 Å². The fourth-order valence-electron chi connectivity index (χ4n) is 2.95. The second-order valence-corrected chi connectivity index (χ2v) is 7.77. The first-order valence-corrected chi connectivity index (χ1v) is 9.83. The number of hydrogen-bond donors (Lipinski definition) is 1. The van der Waals surface area contributed by atoms with Crippen molar-refractivity contribution in [1.29, 1.82) is 0 Å². The minimum atomic E-state index is -0.211. The van der Waals surface area contributed by atoms with Crippen molar-refractivity contribution in [3.8, 4) is 0 Å². The molecule has 0 aliphatic carbocycles. The van der Waals surface area contributed by atoms with Crippen molar-refractivity contribution in [3.05, 3.63) is 52.5 Å². The molecule has 0 saturated carbocycles. The Labute approximate surface area is 170 Å². The number of anilines is 1. The number of benzene rings is 1. The summed E-state index contributed by atoms with van der Waals surface area (Å²) in [4.78, 5) is 32.5. The summed E-state index contributed by atoms with van der Waals surface area (Å²) in [5.41, 5.74) is 3.49. The SMILES string of the molecule is C[C@H](Nc1ncnc2scnc12)c1cc2cccc(Cl)c2c(C(=O)N(C)C)n1. The van der Waals surface area contributed by atoms with Crippen molar-refractivity contribution in [1.82, 2.24) is 24.8 Å². The predicted molar refractivity (Wildman–Crippen MR) is 112 cm³/mol. The van der Waals surface area contributed by atoms with Crippen LogP contribution in [0.25, 0.3) is 21.1 Å². The number of nitrogens with one attached hydrogen (secondary N) is 1. The fraction of sp³-hybridized carbons (Fsp3) is 0.211. The van der Waals surface area contributed by atoms with Gasteiger partial charge in [-0.1, -0.05) is 23.7 Å². The number of carbonyl (C=O) groups excluding carboxylic acids is 1. The van der Waals surface area contributed by atoms with Gasteiger partial charge in [0.25, 0.3) is 5.91 Å². The van der Waals surface area contributed by atoms with Gasteiger partial charge in [-0.05, 0) is 24.4 Å². The van der Waals surface area contributed by atoms with Crippen LogP contribution in [0.1, 0.15) is 29.1 Å². The van der Waals surface area contributed by atoms with Crippen LogP contribution >= 0.6 is 22.9 Å². The van der Waals surface area contributed by atoms with Crippen LogP contribution in [0.5, 0.6) is 0 Å². The van der Waals surface area contributed by atoms with Gasteiger partial charge in [-0.2, -0.15) is 0 Å². The van der Waals surface area contributed by atoms with Crippen molar-refractivity contribution < 1.29 is 4.79 Å². The highest BCUT2D eigenvalue weighted by molar-refractivity contribution is 7.16. The van der Waals surface area contributed by atoms with Gasteiger partial charge < -0.3 is 10.2 Å². The highest BCUT2D eigenvalue weighted by Gasteiger charge is 2.20. The molecule has 3 heterocycles. The molecule has 1 atom stereocenters. The van der Waals surface area contributed by atoms with Crippen molar-refractivity contribution in [3.63, 3.8) is 0 Å². The van der Waals surface area contributed by atoms with E-state index in [2.05, 4.69) is 25.3 Å². The Kier molecular flexibility index (Phi) is 4.82. The Balaban J connectivity index is 1.80. The van der Waals surface area contributed by atoms with E-state index in [1.807, 2.05) is 25.1 Å². The zero-order valence-electron chi connectivity index (χ0n) is 15.5. The van der Waals surface area contributed by atoms with E-state index in [0.717, 1.165) is 10.2 Å². The number of carbonyl (C=O) groups is 1. The van der Waals surface area contributed by atoms with Crippen molar-refractivity contribution in [2.75, 3.05) is 19.4 Å². The van der Waals surface area contributed by atoms with E-state index in [9.17, 15) is 4.79 Å². The van der Waals surface area contributed by atoms with E-state index >= 15 is 0 Å². The number of thiazole rings is 1. The topological polar surface area (TPSA) is 83.9 Å². The lowest BCUT2D eigenvalue weighted by atomic mass is 10.1. The lowest BCUT2D eigenvalue weighted by Gasteiger charge is -2.18. The molecule has 7 nitrogen and oxygen atoms in total. The van der Waals surface area contributed by atoms with Gasteiger partial charge in [0.2, 0.25) is 0 Å². The molecule has 4 rings (SSSR count). The van der Waals surface area contributed by atoms with Crippen LogP contribution in [0.3, 0.4) is 0 Å². The van der Waals surface area contributed by atoms with Gasteiger partial charge in [0.15, 0.2) is 5.82 Å². The average molecular weight is 413 g/mol. The number of aromatic nitrogens is 4. The first kappa shape index (κ1) is 18.5. The van der Waals surface area contributed by atoms with Gasteiger partial charge in [-0.15, -0.1) is 11.3 Å². The van der Waals surface area contributed by atoms with Crippen LogP contribution in [0.15, 0.2) is 36.1 Å². The number of amides is 1. The molecule has 0 unspecified atom stereocenters. The molecule has 0 spiro atoms. The van der Waals surface area contributed by atoms with Crippen LogP contribution in [-0.4, -0.2) is 44.8 Å². The summed E-state index contributed by atoms with van der Waals surface area (Å²) >= 11 is 7.83. The van der Waals surface area contributed by atoms with Gasteiger partial charge in [0.05, 0.1) is 22.3 Å². The molecule has 0 fully saturated rings. The number of pyridine rings is 1. The Hall–Kier alpha value is -2.84. The zero-order valence-corrected chi connectivity index (χ0v) is 17.0. The summed E-state index contributed by atoms with van der Waals surface area (Å²) in [6.45, 7) is 1.96. The first-order chi connectivity index (χ1) is 13.5. The molecule has 1 aromatic carbocycles. The molecule has 1 N–H and O–H groups in total. The largest absolute Gasteiger partial charge is 0.360 e. The molecule has 9 heteroatoms. The Bertz CT molecular complexity index is 1190. The van der Waals surface area contributed by atoms with E-state index in [-0.39, 0.29) is 11.9 Å². The number of fused-ring (bicyclic) bond motifs is 2. The van der Waals surface area contributed by atoms with Crippen LogP contribution in [-0.2, 0) is 0 Å². The molecule has 0 aliphatic heterocycles. The summed E-state index contributed by atoms with van der Waals surface area (Å²) < 4.78 is 0. The van der Waals surface area contributed by atoms with Crippen LogP contribution in [0, 0.1) is 0 Å². The normalized spacial score (nSPS) is 12.3. The zero-order chi connectivity index (χ0) is 19.8. The monoisotopic (exact) mass is 412 g/mol. The van der Waals surface area contributed by atoms with Crippen LogP contribution < -0.4 is 5.32 Å². The summed E-state index contributed by atoms with van der Waals surface area (Å²) in [5, 5.41) is 5.35. The van der Waals surface area contributed by atoms with Crippen molar-refractivity contribution in [2.24, 2.45) is 0 Å². The second-order valence-electron chi connectivity index (χ2n) is 6.53. The standard InChI is InChI=1S/C19H17ClN6OS/c1-10(24-17-16-18(22-8-21-17)28-9-23-16)13-7-11-5-4-6-12(20)14(11)15(25-13)19(27)26(2)3/h4-10H,1-3H3,(H,21,22,24)/t10-/m0/s1. The highest BCUT2D eigenvalue weighted by Crippen LogP contribution is 2.30. The number of halogens is 1. The van der Waals surface area contributed by atoms with Crippen molar-refractivity contribution in [2.45, 2.75) is 13.0 Å². The third-order valence-corrected chi connectivity index (χ3v) is 5.42. The number of nitrogens with zero attached hydrogens (tertiary/aromatic N) is 5. The van der Waals surface area contributed by atoms with Gasteiger partial charge in [-0.25, -0.2) is 19.9 Å². The summed E-state index contributed by atoms with van der Waals surface area (Å²) in [7, 11) is 3.39. The predicted octanol–water partition coefficient (Wildman–Crippen LogP) is 4.16. The molecule has 0 radical (unpaired) electrons. The van der Waals surface area contributed by atoms with Gasteiger partial charge in [0.1, 0.15) is 22.4 Å². The lowest BCUT2D eigenvalue weighted by molar-refractivity contribution is 0.0824. The highest BCUT2D eigenvalue weighted by atomic mass is 35.5. The van der Waals surface area contributed by atoms with Crippen molar-refractivity contribution >= 4 is 55.8 Å². The maximum absolute atomic E-state index is 12.7. The molecule has 3 aromatic heterocycles. The molecule has 28 heavy (non-hydrogen) atoms. The maximum Gasteiger partial charge on any atom is 0.272 e. The first-order valence-electron chi connectivity index (χ1n) is 8.57. The van der Waals surface area contributed by atoms with E-state index in [1.165, 1.54) is 22.6 Å². The fourth-order valence-corrected chi connectivity index (χ4v) is 3.85. The smallest absolute Gasteiger partial charge is 0.272 e. The number of hydrogen-bond acceptors (Lipinski definition) is 7. The molecule has 0 aliphatic rings.